The highest BCUT2D eigenvalue weighted by Gasteiger charge is 2.65. The monoisotopic (exact) mass is 544 g/mol. The molecule has 8 atom stereocenters. The van der Waals surface area contributed by atoms with Crippen LogP contribution in [0, 0.1) is 34.5 Å². The van der Waals surface area contributed by atoms with Crippen LogP contribution in [0.15, 0.2) is 60.7 Å². The zero-order valence-electron chi connectivity index (χ0n) is 25.7. The Bertz CT molecular complexity index is 1060. The van der Waals surface area contributed by atoms with E-state index in [0.29, 0.717) is 48.0 Å². The van der Waals surface area contributed by atoms with Crippen LogP contribution in [0.25, 0.3) is 0 Å². The van der Waals surface area contributed by atoms with Gasteiger partial charge in [-0.05, 0) is 85.2 Å². The Balaban J connectivity index is 1.08. The Kier molecular flexibility index (Phi) is 7.47. The third-order valence-electron chi connectivity index (χ3n) is 12.4. The molecular weight excluding hydrogens is 492 g/mol. The first kappa shape index (κ1) is 28.4. The van der Waals surface area contributed by atoms with Crippen LogP contribution in [0.5, 0.6) is 0 Å². The predicted molar refractivity (Wildman–Crippen MR) is 163 cm³/mol. The molecule has 0 spiro atoms. The summed E-state index contributed by atoms with van der Waals surface area (Å²) in [5, 5.41) is 7.96. The zero-order chi connectivity index (χ0) is 28.2. The molecule has 0 amide bonds. The Morgan fingerprint density at radius 2 is 0.950 bits per heavy atom. The van der Waals surface area contributed by atoms with Gasteiger partial charge in [0.05, 0.1) is 24.4 Å². The number of hydrogen-bond acceptors (Lipinski definition) is 4. The first-order valence-electron chi connectivity index (χ1n) is 15.9. The largest absolute Gasteiger partial charge is 0.369 e. The topological polar surface area (TPSA) is 42.5 Å². The van der Waals surface area contributed by atoms with Crippen molar-refractivity contribution in [3.63, 3.8) is 0 Å². The van der Waals surface area contributed by atoms with Gasteiger partial charge in [0.1, 0.15) is 0 Å². The quantitative estimate of drug-likeness (QED) is 0.299. The van der Waals surface area contributed by atoms with Gasteiger partial charge >= 0.3 is 0 Å². The van der Waals surface area contributed by atoms with Crippen LogP contribution in [-0.4, -0.2) is 36.4 Å². The first-order chi connectivity index (χ1) is 19.0. The molecule has 8 rings (SSSR count). The number of rotatable bonds is 11. The van der Waals surface area contributed by atoms with Crippen molar-refractivity contribution in [2.24, 2.45) is 34.5 Å². The van der Waals surface area contributed by atoms with Crippen molar-refractivity contribution in [3.05, 3.63) is 71.8 Å². The van der Waals surface area contributed by atoms with E-state index in [1.807, 2.05) is 0 Å². The van der Waals surface area contributed by atoms with Gasteiger partial charge in [0, 0.05) is 25.2 Å². The second kappa shape index (κ2) is 10.5. The minimum Gasteiger partial charge on any atom is -0.369 e. The van der Waals surface area contributed by atoms with Gasteiger partial charge in [-0.3, -0.25) is 0 Å². The van der Waals surface area contributed by atoms with Crippen LogP contribution >= 0.6 is 0 Å². The van der Waals surface area contributed by atoms with E-state index in [-0.39, 0.29) is 11.2 Å². The van der Waals surface area contributed by atoms with E-state index in [9.17, 15) is 0 Å². The minimum atomic E-state index is -0.155. The smallest absolute Gasteiger partial charge is 0.0844 e. The van der Waals surface area contributed by atoms with Crippen molar-refractivity contribution in [2.45, 2.75) is 104 Å². The summed E-state index contributed by atoms with van der Waals surface area (Å²) in [5.41, 5.74) is 2.93. The molecule has 2 aromatic carbocycles. The lowest BCUT2D eigenvalue weighted by Gasteiger charge is -2.67. The highest BCUT2D eigenvalue weighted by atomic mass is 16.5. The summed E-state index contributed by atoms with van der Waals surface area (Å²) in [6.07, 6.45) is 5.00. The maximum absolute atomic E-state index is 6.85. The Morgan fingerprint density at radius 1 is 0.575 bits per heavy atom. The summed E-state index contributed by atoms with van der Waals surface area (Å²) in [7, 11) is 0. The molecule has 0 heterocycles. The van der Waals surface area contributed by atoms with E-state index in [4.69, 9.17) is 9.47 Å². The standard InChI is InChI=1S/C36H52N2O2/c1-33(2)27-19-29(33)35(5,39-23-25-13-9-7-10-14-25)31(21-27)37-17-18-38-32-22-28-20-30(34(28,3)4)36(32,6)40-24-26-15-11-8-12-16-26/h7-16,27-32,37-38H,17-24H2,1-6H3/t27-,28-,29-,30-,31?,32?,35-,36-/m0/s1. The second-order valence-corrected chi connectivity index (χ2v) is 15.0. The van der Waals surface area contributed by atoms with E-state index in [2.05, 4.69) is 113 Å². The van der Waals surface area contributed by atoms with Crippen LogP contribution in [0.3, 0.4) is 0 Å². The summed E-state index contributed by atoms with van der Waals surface area (Å²) in [5.74, 6) is 2.77. The van der Waals surface area contributed by atoms with E-state index >= 15 is 0 Å². The molecule has 6 aliphatic carbocycles. The fraction of sp³-hybridized carbons (Fsp3) is 0.667. The van der Waals surface area contributed by atoms with E-state index in [1.54, 1.807) is 0 Å². The molecule has 2 aromatic rings. The molecule has 6 saturated carbocycles. The molecule has 40 heavy (non-hydrogen) atoms. The summed E-state index contributed by atoms with van der Waals surface area (Å²) in [6.45, 7) is 17.9. The fourth-order valence-electron chi connectivity index (χ4n) is 9.39. The van der Waals surface area contributed by atoms with Gasteiger partial charge in [0.15, 0.2) is 0 Å². The average molecular weight is 545 g/mol. The lowest BCUT2D eigenvalue weighted by Crippen LogP contribution is -2.71. The molecular formula is C36H52N2O2. The zero-order valence-corrected chi connectivity index (χ0v) is 25.7. The molecule has 0 aliphatic heterocycles. The van der Waals surface area contributed by atoms with Gasteiger partial charge in [-0.15, -0.1) is 0 Å². The van der Waals surface area contributed by atoms with Crippen molar-refractivity contribution >= 4 is 0 Å². The van der Waals surface area contributed by atoms with Gasteiger partial charge < -0.3 is 20.1 Å². The van der Waals surface area contributed by atoms with Gasteiger partial charge in [-0.25, -0.2) is 0 Å². The van der Waals surface area contributed by atoms with Crippen LogP contribution in [0.1, 0.15) is 78.4 Å². The number of nitrogens with one attached hydrogen (secondary N) is 2. The van der Waals surface area contributed by atoms with Gasteiger partial charge in [-0.1, -0.05) is 88.4 Å². The van der Waals surface area contributed by atoms with Crippen LogP contribution in [-0.2, 0) is 22.7 Å². The summed E-state index contributed by atoms with van der Waals surface area (Å²) in [6, 6.07) is 22.1. The Morgan fingerprint density at radius 3 is 1.30 bits per heavy atom. The molecule has 4 bridgehead atoms. The lowest BCUT2D eigenvalue weighted by molar-refractivity contribution is -0.238. The minimum absolute atomic E-state index is 0.155. The molecule has 2 unspecified atom stereocenters. The van der Waals surface area contributed by atoms with Crippen molar-refractivity contribution in [3.8, 4) is 0 Å². The van der Waals surface area contributed by atoms with Crippen LogP contribution < -0.4 is 10.6 Å². The predicted octanol–water partition coefficient (Wildman–Crippen LogP) is 6.99. The molecule has 4 nitrogen and oxygen atoms in total. The average Bonchev–Trinajstić information content (AvgIpc) is 2.95. The van der Waals surface area contributed by atoms with Crippen LogP contribution in [0.2, 0.25) is 0 Å². The highest BCUT2D eigenvalue weighted by molar-refractivity contribution is 5.19. The SMILES string of the molecule is CC1(C)[C@@H]2CC(NCCNC3C[C@@H]4C[C@@H](C4(C)C)[C@]3(C)OCc3ccccc3)[C@@](C)(OCc3ccccc3)[C@H]1C2. The van der Waals surface area contributed by atoms with Gasteiger partial charge in [0.25, 0.3) is 0 Å². The fourth-order valence-corrected chi connectivity index (χ4v) is 9.39. The Labute approximate surface area is 243 Å². The normalized spacial score (nSPS) is 38.8. The third kappa shape index (κ3) is 4.77. The lowest BCUT2D eigenvalue weighted by atomic mass is 9.43. The van der Waals surface area contributed by atoms with E-state index in [0.717, 1.165) is 24.9 Å². The van der Waals surface area contributed by atoms with Crippen molar-refractivity contribution < 1.29 is 9.47 Å². The van der Waals surface area contributed by atoms with Crippen LogP contribution in [0.4, 0.5) is 0 Å². The number of fused-ring (bicyclic) bond motifs is 4. The van der Waals surface area contributed by atoms with Crippen molar-refractivity contribution in [2.75, 3.05) is 13.1 Å². The molecule has 0 saturated heterocycles. The van der Waals surface area contributed by atoms with Gasteiger partial charge in [-0.2, -0.15) is 0 Å². The van der Waals surface area contributed by atoms with E-state index in [1.165, 1.54) is 36.8 Å². The molecule has 4 heteroatoms. The van der Waals surface area contributed by atoms with Crippen molar-refractivity contribution in [1.29, 1.82) is 0 Å². The van der Waals surface area contributed by atoms with Crippen molar-refractivity contribution in [1.82, 2.24) is 10.6 Å². The summed E-state index contributed by atoms with van der Waals surface area (Å²) < 4.78 is 13.7. The number of ether oxygens (including phenoxy) is 2. The molecule has 6 aliphatic rings. The Hall–Kier alpha value is -1.72. The molecule has 2 N–H and O–H groups in total. The summed E-state index contributed by atoms with van der Waals surface area (Å²) in [4.78, 5) is 0. The van der Waals surface area contributed by atoms with Gasteiger partial charge in [0.2, 0.25) is 0 Å². The molecule has 0 radical (unpaired) electrons. The highest BCUT2D eigenvalue weighted by Crippen LogP contribution is 2.65. The number of hydrogen-bond donors (Lipinski definition) is 2. The second-order valence-electron chi connectivity index (χ2n) is 15.0. The first-order valence-corrected chi connectivity index (χ1v) is 15.9. The maximum Gasteiger partial charge on any atom is 0.0844 e. The van der Waals surface area contributed by atoms with E-state index < -0.39 is 0 Å². The maximum atomic E-state index is 6.85. The summed E-state index contributed by atoms with van der Waals surface area (Å²) >= 11 is 0. The molecule has 0 aromatic heterocycles. The molecule has 6 fully saturated rings. The third-order valence-corrected chi connectivity index (χ3v) is 12.4. The number of benzene rings is 2. The molecule has 218 valence electrons.